The summed E-state index contributed by atoms with van der Waals surface area (Å²) in [5, 5.41) is 5.46. The molecule has 7 rings (SSSR count). The van der Waals surface area contributed by atoms with Crippen LogP contribution in [0, 0.1) is 23.7 Å². The predicted octanol–water partition coefficient (Wildman–Crippen LogP) is 3.22. The summed E-state index contributed by atoms with van der Waals surface area (Å²) in [5.41, 5.74) is 3.50. The number of likely N-dealkylation sites (tertiary alicyclic amines) is 1. The van der Waals surface area contributed by atoms with Crippen molar-refractivity contribution in [2.75, 3.05) is 18.4 Å². The lowest BCUT2D eigenvalue weighted by atomic mass is 9.63. The van der Waals surface area contributed by atoms with Gasteiger partial charge in [-0.1, -0.05) is 42.5 Å². The topological polar surface area (TPSA) is 95.6 Å². The number of hydrogen-bond donors (Lipinski definition) is 2. The summed E-state index contributed by atoms with van der Waals surface area (Å²) >= 11 is 0. The molecule has 1 saturated heterocycles. The molecule has 4 aliphatic carbocycles. The van der Waals surface area contributed by atoms with Gasteiger partial charge in [0.05, 0.1) is 11.8 Å². The van der Waals surface area contributed by atoms with E-state index in [1.807, 2.05) is 24.3 Å². The Morgan fingerprint density at radius 2 is 1.48 bits per heavy atom. The lowest BCUT2D eigenvalue weighted by molar-refractivity contribution is -0.140. The van der Waals surface area contributed by atoms with Crippen LogP contribution in [0.15, 0.2) is 54.6 Å². The molecule has 1 saturated carbocycles. The van der Waals surface area contributed by atoms with Crippen LogP contribution in [-0.2, 0) is 9.59 Å². The first kappa shape index (κ1) is 19.9. The van der Waals surface area contributed by atoms with Crippen molar-refractivity contribution < 1.29 is 19.2 Å². The number of nitrogens with zero attached hydrogens (tertiary/aromatic N) is 1. The number of nitrogens with one attached hydrogen (secondary N) is 2. The summed E-state index contributed by atoms with van der Waals surface area (Å²) in [6.07, 6.45) is 6.11. The number of imide groups is 1. The molecule has 33 heavy (non-hydrogen) atoms. The molecule has 2 N–H and O–H groups in total. The van der Waals surface area contributed by atoms with Crippen LogP contribution >= 0.6 is 0 Å². The smallest absolute Gasteiger partial charge is 0.319 e. The lowest BCUT2D eigenvalue weighted by Gasteiger charge is -2.38. The number of urea groups is 1. The fourth-order valence-corrected chi connectivity index (χ4v) is 5.92. The summed E-state index contributed by atoms with van der Waals surface area (Å²) in [6, 6.07) is 12.3. The fourth-order valence-electron chi connectivity index (χ4n) is 5.92. The molecule has 0 aromatic heterocycles. The van der Waals surface area contributed by atoms with Gasteiger partial charge in [0.1, 0.15) is 0 Å². The minimum absolute atomic E-state index is 0.0550. The highest BCUT2D eigenvalue weighted by atomic mass is 16.2. The summed E-state index contributed by atoms with van der Waals surface area (Å²) in [5.74, 6) is -0.421. The number of carbonyl (C=O) groups excluding carboxylic acids is 4. The molecule has 2 aromatic carbocycles. The average molecular weight is 441 g/mol. The molecular weight excluding hydrogens is 418 g/mol. The molecule has 4 amide bonds. The van der Waals surface area contributed by atoms with Crippen LogP contribution < -0.4 is 10.6 Å². The first-order valence-corrected chi connectivity index (χ1v) is 11.4. The first-order valence-electron chi connectivity index (χ1n) is 11.4. The van der Waals surface area contributed by atoms with E-state index < -0.39 is 6.03 Å². The van der Waals surface area contributed by atoms with Gasteiger partial charge >= 0.3 is 6.03 Å². The van der Waals surface area contributed by atoms with Crippen molar-refractivity contribution in [3.05, 3.63) is 65.7 Å². The monoisotopic (exact) mass is 441 g/mol. The molecule has 2 bridgehead atoms. The molecule has 0 unspecified atom stereocenters. The van der Waals surface area contributed by atoms with Crippen LogP contribution in [0.5, 0.6) is 0 Å². The lowest BCUT2D eigenvalue weighted by Crippen LogP contribution is -2.40. The Hall–Kier alpha value is -3.74. The number of carbonyl (C=O) groups is 4. The minimum atomic E-state index is -0.448. The Labute approximate surface area is 190 Å². The van der Waals surface area contributed by atoms with Crippen molar-refractivity contribution in [3.8, 4) is 11.1 Å². The van der Waals surface area contributed by atoms with Crippen LogP contribution in [0.3, 0.4) is 0 Å². The van der Waals surface area contributed by atoms with Gasteiger partial charge in [-0.05, 0) is 47.9 Å². The van der Waals surface area contributed by atoms with Crippen molar-refractivity contribution in [2.45, 2.75) is 12.8 Å². The van der Waals surface area contributed by atoms with E-state index in [-0.39, 0.29) is 54.4 Å². The van der Waals surface area contributed by atoms with Crippen LogP contribution in [0.2, 0.25) is 0 Å². The summed E-state index contributed by atoms with van der Waals surface area (Å²) in [6.45, 7) is 0.330. The second-order valence-electron chi connectivity index (χ2n) is 9.19. The van der Waals surface area contributed by atoms with Crippen LogP contribution in [0.25, 0.3) is 11.1 Å². The van der Waals surface area contributed by atoms with Crippen molar-refractivity contribution in [2.24, 2.45) is 23.7 Å². The van der Waals surface area contributed by atoms with Crippen molar-refractivity contribution in [1.29, 1.82) is 0 Å². The Balaban J connectivity index is 1.07. The zero-order chi connectivity index (χ0) is 22.7. The second-order valence-corrected chi connectivity index (χ2v) is 9.19. The summed E-state index contributed by atoms with van der Waals surface area (Å²) in [7, 11) is 0. The SMILES string of the molecule is O=C(NCCN1C(=O)[C@@H]2[C@H](C1=O)[C@H]1C=C[C@H]2CC1)Nc1ccc2c(c1)C(=O)c1ccccc1-2. The summed E-state index contributed by atoms with van der Waals surface area (Å²) in [4.78, 5) is 52.1. The van der Waals surface area contributed by atoms with E-state index in [9.17, 15) is 19.2 Å². The number of hydrogen-bond acceptors (Lipinski definition) is 4. The maximum atomic E-state index is 12.9. The van der Waals surface area contributed by atoms with Gasteiger partial charge in [0, 0.05) is 29.9 Å². The third kappa shape index (κ3) is 3.03. The number of rotatable bonds is 4. The number of anilines is 1. The Kier molecular flexibility index (Phi) is 4.47. The standard InChI is InChI=1S/C26H23N3O4/c30-23-19-4-2-1-3-17(19)18-10-9-16(13-20(18)23)28-26(33)27-11-12-29-24(31)21-14-5-6-15(8-7-14)22(21)25(29)32/h1-6,9-10,13-15,21-22H,7-8,11-12H2,(H2,27,28,33)/t14-,15-,21-,22+/m0/s1. The Bertz CT molecular complexity index is 1220. The molecule has 0 spiro atoms. The fraction of sp³-hybridized carbons (Fsp3) is 0.308. The largest absolute Gasteiger partial charge is 0.336 e. The van der Waals surface area contributed by atoms with E-state index in [4.69, 9.17) is 0 Å². The van der Waals surface area contributed by atoms with Gasteiger partial charge in [0.2, 0.25) is 11.8 Å². The van der Waals surface area contributed by atoms with Crippen LogP contribution in [0.1, 0.15) is 28.8 Å². The van der Waals surface area contributed by atoms with Gasteiger partial charge in [-0.15, -0.1) is 0 Å². The zero-order valence-corrected chi connectivity index (χ0v) is 17.9. The second kappa shape index (κ2) is 7.40. The van der Waals surface area contributed by atoms with E-state index in [0.717, 1.165) is 24.0 Å². The molecule has 166 valence electrons. The molecule has 1 heterocycles. The van der Waals surface area contributed by atoms with Crippen molar-refractivity contribution in [3.63, 3.8) is 0 Å². The van der Waals surface area contributed by atoms with Gasteiger partial charge in [-0.2, -0.15) is 0 Å². The van der Waals surface area contributed by atoms with Gasteiger partial charge < -0.3 is 10.6 Å². The van der Waals surface area contributed by atoms with E-state index >= 15 is 0 Å². The molecule has 0 radical (unpaired) electrons. The number of benzene rings is 2. The maximum Gasteiger partial charge on any atom is 0.319 e. The molecular formula is C26H23N3O4. The van der Waals surface area contributed by atoms with E-state index in [1.54, 1.807) is 18.2 Å². The highest BCUT2D eigenvalue weighted by Crippen LogP contribution is 2.49. The summed E-state index contributed by atoms with van der Waals surface area (Å²) < 4.78 is 0. The molecule has 4 atom stereocenters. The zero-order valence-electron chi connectivity index (χ0n) is 17.9. The minimum Gasteiger partial charge on any atom is -0.336 e. The van der Waals surface area contributed by atoms with E-state index in [1.165, 1.54) is 4.90 Å². The molecule has 1 aliphatic heterocycles. The Morgan fingerprint density at radius 1 is 0.848 bits per heavy atom. The van der Waals surface area contributed by atoms with Crippen LogP contribution in [-0.4, -0.2) is 41.6 Å². The third-order valence-corrected chi connectivity index (χ3v) is 7.46. The maximum absolute atomic E-state index is 12.9. The van der Waals surface area contributed by atoms with Crippen LogP contribution in [0.4, 0.5) is 10.5 Å². The molecule has 7 nitrogen and oxygen atoms in total. The van der Waals surface area contributed by atoms with Gasteiger partial charge in [-0.25, -0.2) is 4.79 Å². The van der Waals surface area contributed by atoms with Gasteiger partial charge in [0.15, 0.2) is 5.78 Å². The highest BCUT2D eigenvalue weighted by molar-refractivity contribution is 6.22. The van der Waals surface area contributed by atoms with Crippen molar-refractivity contribution >= 4 is 29.3 Å². The van der Waals surface area contributed by atoms with Gasteiger partial charge in [0.25, 0.3) is 0 Å². The predicted molar refractivity (Wildman–Crippen MR) is 121 cm³/mol. The molecule has 2 fully saturated rings. The third-order valence-electron chi connectivity index (χ3n) is 7.46. The number of fused-ring (bicyclic) bond motifs is 4. The first-order chi connectivity index (χ1) is 16.0. The van der Waals surface area contributed by atoms with E-state index in [2.05, 4.69) is 22.8 Å². The van der Waals surface area contributed by atoms with Gasteiger partial charge in [-0.3, -0.25) is 19.3 Å². The molecule has 7 heteroatoms. The van der Waals surface area contributed by atoms with Crippen molar-refractivity contribution in [1.82, 2.24) is 10.2 Å². The average Bonchev–Trinajstić information content (AvgIpc) is 3.27. The number of allylic oxidation sites excluding steroid dienone is 2. The highest BCUT2D eigenvalue weighted by Gasteiger charge is 2.56. The Morgan fingerprint density at radius 3 is 2.15 bits per heavy atom. The number of amides is 4. The van der Waals surface area contributed by atoms with E-state index in [0.29, 0.717) is 16.8 Å². The normalized spacial score (nSPS) is 26.3. The molecule has 2 aromatic rings. The number of ketones is 1. The quantitative estimate of drug-likeness (QED) is 0.480. The molecule has 5 aliphatic rings.